The van der Waals surface area contributed by atoms with Crippen LogP contribution in [0.25, 0.3) is 0 Å². The summed E-state index contributed by atoms with van der Waals surface area (Å²) in [5.41, 5.74) is 2.81. The monoisotopic (exact) mass is 311 g/mol. The van der Waals surface area contributed by atoms with Crippen LogP contribution in [0.1, 0.15) is 36.5 Å². The highest BCUT2D eigenvalue weighted by Gasteiger charge is 2.16. The van der Waals surface area contributed by atoms with E-state index in [9.17, 15) is 4.79 Å². The molecule has 1 saturated heterocycles. The number of rotatable bonds is 5. The lowest BCUT2D eigenvalue weighted by Crippen LogP contribution is -2.43. The van der Waals surface area contributed by atoms with Gasteiger partial charge in [0.05, 0.1) is 10.6 Å². The molecule has 0 aromatic carbocycles. The summed E-state index contributed by atoms with van der Waals surface area (Å²) in [7, 11) is 0. The van der Waals surface area contributed by atoms with Gasteiger partial charge in [0.2, 0.25) is 0 Å². The first-order valence-electron chi connectivity index (χ1n) is 7.25. The van der Waals surface area contributed by atoms with Crippen molar-refractivity contribution in [2.45, 2.75) is 32.2 Å². The van der Waals surface area contributed by atoms with E-state index in [0.29, 0.717) is 16.4 Å². The molecule has 6 nitrogen and oxygen atoms in total. The van der Waals surface area contributed by atoms with E-state index in [2.05, 4.69) is 20.6 Å². The minimum absolute atomic E-state index is 0.0849. The van der Waals surface area contributed by atoms with Gasteiger partial charge in [-0.3, -0.25) is 4.79 Å². The molecule has 0 radical (unpaired) electrons. The summed E-state index contributed by atoms with van der Waals surface area (Å²) >= 11 is 5.97. The molecule has 21 heavy (non-hydrogen) atoms. The number of hydrazine groups is 1. The summed E-state index contributed by atoms with van der Waals surface area (Å²) in [6.07, 6.45) is 5.26. The number of piperidine rings is 1. The van der Waals surface area contributed by atoms with Gasteiger partial charge in [-0.15, -0.1) is 0 Å². The first kappa shape index (κ1) is 16.0. The Balaban J connectivity index is 1.89. The SMILES string of the molecule is CC(CN1CCCCC1)NC(=O)c1cnc(NN)c(Cl)c1. The number of nitrogen functional groups attached to an aromatic ring is 1. The average Bonchev–Trinajstić information content (AvgIpc) is 2.48. The number of hydrogen-bond acceptors (Lipinski definition) is 5. The van der Waals surface area contributed by atoms with Gasteiger partial charge in [0.1, 0.15) is 0 Å². The van der Waals surface area contributed by atoms with Crippen molar-refractivity contribution in [2.75, 3.05) is 25.1 Å². The molecule has 1 aromatic rings. The minimum atomic E-state index is -0.169. The highest BCUT2D eigenvalue weighted by Crippen LogP contribution is 2.19. The number of hydrogen-bond donors (Lipinski definition) is 3. The van der Waals surface area contributed by atoms with E-state index in [0.717, 1.165) is 19.6 Å². The van der Waals surface area contributed by atoms with Crippen molar-refractivity contribution >= 4 is 23.3 Å². The Labute approximate surface area is 130 Å². The fourth-order valence-electron chi connectivity index (χ4n) is 2.55. The molecule has 0 aliphatic carbocycles. The topological polar surface area (TPSA) is 83.3 Å². The lowest BCUT2D eigenvalue weighted by atomic mass is 10.1. The zero-order valence-electron chi connectivity index (χ0n) is 12.2. The maximum atomic E-state index is 12.2. The van der Waals surface area contributed by atoms with E-state index in [-0.39, 0.29) is 11.9 Å². The van der Waals surface area contributed by atoms with Crippen molar-refractivity contribution in [3.63, 3.8) is 0 Å². The molecule has 1 fully saturated rings. The van der Waals surface area contributed by atoms with Crippen LogP contribution in [0.5, 0.6) is 0 Å². The zero-order valence-corrected chi connectivity index (χ0v) is 13.0. The normalized spacial score (nSPS) is 17.3. The van der Waals surface area contributed by atoms with Crippen molar-refractivity contribution < 1.29 is 4.79 Å². The summed E-state index contributed by atoms with van der Waals surface area (Å²) < 4.78 is 0. The molecule has 1 unspecified atom stereocenters. The quantitative estimate of drug-likeness (QED) is 0.568. The molecule has 7 heteroatoms. The number of likely N-dealkylation sites (tertiary alicyclic amines) is 1. The van der Waals surface area contributed by atoms with E-state index >= 15 is 0 Å². The molecule has 1 aromatic heterocycles. The van der Waals surface area contributed by atoms with Gasteiger partial charge >= 0.3 is 0 Å². The second-order valence-electron chi connectivity index (χ2n) is 5.43. The molecule has 1 aliphatic rings. The van der Waals surface area contributed by atoms with Gasteiger partial charge in [0, 0.05) is 18.8 Å². The number of carbonyl (C=O) groups excluding carboxylic acids is 1. The van der Waals surface area contributed by atoms with Crippen LogP contribution in [0.3, 0.4) is 0 Å². The number of amides is 1. The maximum Gasteiger partial charge on any atom is 0.253 e. The average molecular weight is 312 g/mol. The summed E-state index contributed by atoms with van der Waals surface area (Å²) in [4.78, 5) is 18.6. The number of aromatic nitrogens is 1. The lowest BCUT2D eigenvalue weighted by molar-refractivity contribution is 0.0925. The fraction of sp³-hybridized carbons (Fsp3) is 0.571. The van der Waals surface area contributed by atoms with Crippen LogP contribution in [-0.4, -0.2) is 41.5 Å². The van der Waals surface area contributed by atoms with Gasteiger partial charge in [0.25, 0.3) is 5.91 Å². The van der Waals surface area contributed by atoms with Crippen LogP contribution in [-0.2, 0) is 0 Å². The lowest BCUT2D eigenvalue weighted by Gasteiger charge is -2.29. The van der Waals surface area contributed by atoms with Gasteiger partial charge in [0.15, 0.2) is 5.82 Å². The van der Waals surface area contributed by atoms with E-state index in [1.165, 1.54) is 25.5 Å². The van der Waals surface area contributed by atoms with E-state index < -0.39 is 0 Å². The highest BCUT2D eigenvalue weighted by molar-refractivity contribution is 6.33. The summed E-state index contributed by atoms with van der Waals surface area (Å²) in [5, 5.41) is 3.30. The number of carbonyl (C=O) groups is 1. The molecule has 0 saturated carbocycles. The van der Waals surface area contributed by atoms with Gasteiger partial charge in [-0.2, -0.15) is 0 Å². The second kappa shape index (κ2) is 7.59. The third kappa shape index (κ3) is 4.56. The van der Waals surface area contributed by atoms with Crippen molar-refractivity contribution in [3.05, 3.63) is 22.8 Å². The van der Waals surface area contributed by atoms with Crippen LogP contribution in [0, 0.1) is 0 Å². The Hall–Kier alpha value is -1.37. The standard InChI is InChI=1S/C14H22ClN5O/c1-10(9-20-5-3-2-4-6-20)18-14(21)11-7-12(15)13(19-16)17-8-11/h7-8,10H,2-6,9,16H2,1H3,(H,17,19)(H,18,21). The Morgan fingerprint density at radius 1 is 1.48 bits per heavy atom. The zero-order chi connectivity index (χ0) is 15.2. The van der Waals surface area contributed by atoms with E-state index in [4.69, 9.17) is 17.4 Å². The number of anilines is 1. The Morgan fingerprint density at radius 3 is 2.81 bits per heavy atom. The van der Waals surface area contributed by atoms with Gasteiger partial charge < -0.3 is 15.6 Å². The van der Waals surface area contributed by atoms with Crippen molar-refractivity contribution in [1.82, 2.24) is 15.2 Å². The highest BCUT2D eigenvalue weighted by atomic mass is 35.5. The van der Waals surface area contributed by atoms with E-state index in [1.807, 2.05) is 6.92 Å². The molecule has 2 rings (SSSR count). The number of nitrogens with zero attached hydrogens (tertiary/aromatic N) is 2. The third-order valence-corrected chi connectivity index (χ3v) is 3.89. The Morgan fingerprint density at radius 2 is 2.19 bits per heavy atom. The van der Waals surface area contributed by atoms with Crippen molar-refractivity contribution in [3.8, 4) is 0 Å². The molecule has 4 N–H and O–H groups in total. The first-order valence-corrected chi connectivity index (χ1v) is 7.63. The summed E-state index contributed by atoms with van der Waals surface area (Å²) in [6.45, 7) is 5.11. The molecule has 0 bridgehead atoms. The number of halogens is 1. The molecular weight excluding hydrogens is 290 g/mol. The van der Waals surface area contributed by atoms with Crippen molar-refractivity contribution in [1.29, 1.82) is 0 Å². The molecule has 0 spiro atoms. The molecule has 2 heterocycles. The number of pyridine rings is 1. The fourth-order valence-corrected chi connectivity index (χ4v) is 2.77. The van der Waals surface area contributed by atoms with Crippen LogP contribution in [0.4, 0.5) is 5.82 Å². The molecule has 116 valence electrons. The molecule has 1 aliphatic heterocycles. The van der Waals surface area contributed by atoms with Crippen LogP contribution in [0.2, 0.25) is 5.02 Å². The van der Waals surface area contributed by atoms with Crippen LogP contribution in [0.15, 0.2) is 12.3 Å². The summed E-state index contributed by atoms with van der Waals surface area (Å²) in [6, 6.07) is 1.65. The molecular formula is C14H22ClN5O. The number of nitrogens with two attached hydrogens (primary N) is 1. The summed E-state index contributed by atoms with van der Waals surface area (Å²) in [5.74, 6) is 5.45. The predicted molar refractivity (Wildman–Crippen MR) is 84.3 cm³/mol. The molecule has 1 amide bonds. The van der Waals surface area contributed by atoms with E-state index in [1.54, 1.807) is 6.07 Å². The predicted octanol–water partition coefficient (Wildman–Crippen LogP) is 1.62. The number of nitrogens with one attached hydrogen (secondary N) is 2. The maximum absolute atomic E-state index is 12.2. The smallest absolute Gasteiger partial charge is 0.253 e. The second-order valence-corrected chi connectivity index (χ2v) is 5.84. The van der Waals surface area contributed by atoms with Gasteiger partial charge in [-0.05, 0) is 38.9 Å². The Bertz CT molecular complexity index is 490. The first-order chi connectivity index (χ1) is 10.1. The van der Waals surface area contributed by atoms with Crippen LogP contribution >= 0.6 is 11.6 Å². The van der Waals surface area contributed by atoms with Crippen molar-refractivity contribution in [2.24, 2.45) is 5.84 Å². The van der Waals surface area contributed by atoms with Gasteiger partial charge in [-0.1, -0.05) is 18.0 Å². The largest absolute Gasteiger partial charge is 0.348 e. The van der Waals surface area contributed by atoms with Crippen LogP contribution < -0.4 is 16.6 Å². The molecule has 1 atom stereocenters. The minimum Gasteiger partial charge on any atom is -0.348 e. The van der Waals surface area contributed by atoms with Gasteiger partial charge in [-0.25, -0.2) is 10.8 Å². The third-order valence-electron chi connectivity index (χ3n) is 3.60. The Kier molecular flexibility index (Phi) is 5.78.